The fourth-order valence-corrected chi connectivity index (χ4v) is 2.75. The van der Waals surface area contributed by atoms with Crippen LogP contribution in [0.15, 0.2) is 18.2 Å². The highest BCUT2D eigenvalue weighted by molar-refractivity contribution is 5.95. The summed E-state index contributed by atoms with van der Waals surface area (Å²) in [5, 5.41) is 2.84. The van der Waals surface area contributed by atoms with E-state index in [-0.39, 0.29) is 23.8 Å². The zero-order valence-electron chi connectivity index (χ0n) is 9.86. The normalized spacial score (nSPS) is 29.5. The largest absolute Gasteiger partial charge is 0.399 e. The van der Waals surface area contributed by atoms with Gasteiger partial charge in [0.2, 0.25) is 0 Å². The maximum atomic E-state index is 13.5. The molecule has 18 heavy (non-hydrogen) atoms. The van der Waals surface area contributed by atoms with Crippen molar-refractivity contribution in [3.8, 4) is 0 Å². The topological polar surface area (TPSA) is 64.4 Å². The molecule has 3 atom stereocenters. The average Bonchev–Trinajstić information content (AvgIpc) is 2.94. The lowest BCUT2D eigenvalue weighted by Gasteiger charge is -2.20. The summed E-state index contributed by atoms with van der Waals surface area (Å²) in [4.78, 5) is 12.0. The van der Waals surface area contributed by atoms with Gasteiger partial charge in [-0.25, -0.2) is 4.39 Å². The van der Waals surface area contributed by atoms with E-state index in [0.29, 0.717) is 5.69 Å². The number of nitrogen functional groups attached to an aromatic ring is 1. The first-order chi connectivity index (χ1) is 8.63. The first-order valence-corrected chi connectivity index (χ1v) is 6.15. The Bertz CT molecular complexity index is 492. The van der Waals surface area contributed by atoms with Crippen molar-refractivity contribution in [2.45, 2.75) is 37.5 Å². The molecule has 1 aromatic rings. The summed E-state index contributed by atoms with van der Waals surface area (Å²) in [6.45, 7) is 0. The van der Waals surface area contributed by atoms with E-state index in [0.717, 1.165) is 19.3 Å². The van der Waals surface area contributed by atoms with Gasteiger partial charge in [0.05, 0.1) is 23.8 Å². The molecule has 3 unspecified atom stereocenters. The summed E-state index contributed by atoms with van der Waals surface area (Å²) in [7, 11) is 0. The van der Waals surface area contributed by atoms with Crippen LogP contribution in [-0.4, -0.2) is 24.2 Å². The predicted molar refractivity (Wildman–Crippen MR) is 64.6 cm³/mol. The van der Waals surface area contributed by atoms with Gasteiger partial charge in [0, 0.05) is 5.69 Å². The zero-order chi connectivity index (χ0) is 12.7. The third-order valence-corrected chi connectivity index (χ3v) is 3.66. The molecule has 2 aliphatic heterocycles. The van der Waals surface area contributed by atoms with Crippen LogP contribution in [0.1, 0.15) is 29.6 Å². The van der Waals surface area contributed by atoms with Crippen molar-refractivity contribution in [1.82, 2.24) is 5.32 Å². The highest BCUT2D eigenvalue weighted by atomic mass is 19.1. The van der Waals surface area contributed by atoms with E-state index in [1.165, 1.54) is 18.2 Å². The number of anilines is 1. The van der Waals surface area contributed by atoms with Crippen molar-refractivity contribution in [2.75, 3.05) is 5.73 Å². The predicted octanol–water partition coefficient (Wildman–Crippen LogP) is 1.46. The molecule has 0 saturated carbocycles. The summed E-state index contributed by atoms with van der Waals surface area (Å²) < 4.78 is 19.2. The summed E-state index contributed by atoms with van der Waals surface area (Å²) in [5.41, 5.74) is 5.94. The Balaban J connectivity index is 1.73. The van der Waals surface area contributed by atoms with Gasteiger partial charge < -0.3 is 15.8 Å². The number of nitrogens with two attached hydrogens (primary N) is 1. The van der Waals surface area contributed by atoms with Gasteiger partial charge >= 0.3 is 0 Å². The maximum Gasteiger partial charge on any atom is 0.254 e. The second-order valence-corrected chi connectivity index (χ2v) is 4.93. The fraction of sp³-hybridized carbons (Fsp3) is 0.462. The minimum Gasteiger partial charge on any atom is -0.399 e. The first kappa shape index (κ1) is 11.5. The number of hydrogen-bond acceptors (Lipinski definition) is 3. The molecule has 0 radical (unpaired) electrons. The van der Waals surface area contributed by atoms with Gasteiger partial charge in [-0.05, 0) is 37.5 Å². The Hall–Kier alpha value is -1.62. The van der Waals surface area contributed by atoms with Crippen LogP contribution in [0.2, 0.25) is 0 Å². The van der Waals surface area contributed by atoms with Crippen LogP contribution in [0.4, 0.5) is 10.1 Å². The lowest BCUT2D eigenvalue weighted by atomic mass is 9.95. The third kappa shape index (κ3) is 1.95. The van der Waals surface area contributed by atoms with E-state index in [9.17, 15) is 9.18 Å². The Morgan fingerprint density at radius 3 is 2.94 bits per heavy atom. The Labute approximate surface area is 104 Å². The molecule has 3 rings (SSSR count). The molecule has 0 aromatic heterocycles. The van der Waals surface area contributed by atoms with Crippen molar-refractivity contribution in [2.24, 2.45) is 0 Å². The number of ether oxygens (including phenoxy) is 1. The second-order valence-electron chi connectivity index (χ2n) is 4.93. The van der Waals surface area contributed by atoms with E-state index >= 15 is 0 Å². The maximum absolute atomic E-state index is 13.5. The van der Waals surface area contributed by atoms with Crippen LogP contribution in [0.5, 0.6) is 0 Å². The lowest BCUT2D eigenvalue weighted by molar-refractivity contribution is 0.0838. The van der Waals surface area contributed by atoms with Crippen LogP contribution in [-0.2, 0) is 4.74 Å². The Morgan fingerprint density at radius 1 is 1.44 bits per heavy atom. The number of rotatable bonds is 2. The van der Waals surface area contributed by atoms with E-state index in [1.807, 2.05) is 0 Å². The van der Waals surface area contributed by atoms with Gasteiger partial charge in [-0.15, -0.1) is 0 Å². The molecular formula is C13H15FN2O2. The SMILES string of the molecule is Nc1ccc(F)c(C(=O)NC2CC3CCC2O3)c1. The van der Waals surface area contributed by atoms with Crippen molar-refractivity contribution >= 4 is 11.6 Å². The Kier molecular flexibility index (Phi) is 2.70. The monoisotopic (exact) mass is 250 g/mol. The van der Waals surface area contributed by atoms with Gasteiger partial charge in [0.1, 0.15) is 5.82 Å². The number of carbonyl (C=O) groups is 1. The summed E-state index contributed by atoms with van der Waals surface area (Å²) in [6.07, 6.45) is 3.19. The molecule has 3 N–H and O–H groups in total. The van der Waals surface area contributed by atoms with Gasteiger partial charge in [-0.1, -0.05) is 0 Å². The van der Waals surface area contributed by atoms with Gasteiger partial charge in [0.15, 0.2) is 0 Å². The molecule has 1 aromatic carbocycles. The summed E-state index contributed by atoms with van der Waals surface area (Å²) >= 11 is 0. The van der Waals surface area contributed by atoms with Crippen molar-refractivity contribution < 1.29 is 13.9 Å². The molecule has 0 aliphatic carbocycles. The molecule has 5 heteroatoms. The molecular weight excluding hydrogens is 235 g/mol. The number of fused-ring (bicyclic) bond motifs is 2. The first-order valence-electron chi connectivity index (χ1n) is 6.15. The molecule has 2 fully saturated rings. The lowest BCUT2D eigenvalue weighted by Crippen LogP contribution is -2.41. The minimum absolute atomic E-state index is 0.00206. The van der Waals surface area contributed by atoms with E-state index in [2.05, 4.69) is 5.32 Å². The van der Waals surface area contributed by atoms with Crippen LogP contribution in [0, 0.1) is 5.82 Å². The van der Waals surface area contributed by atoms with Crippen LogP contribution >= 0.6 is 0 Å². The van der Waals surface area contributed by atoms with Crippen molar-refractivity contribution in [1.29, 1.82) is 0 Å². The number of halogens is 1. The number of amides is 1. The number of benzene rings is 1. The molecule has 0 spiro atoms. The molecule has 2 aliphatic rings. The standard InChI is InChI=1S/C13H15FN2O2/c14-10-3-1-7(15)5-9(10)13(17)16-11-6-8-2-4-12(11)18-8/h1,3,5,8,11-12H,2,4,6,15H2,(H,16,17). The molecule has 2 heterocycles. The quantitative estimate of drug-likeness (QED) is 0.781. The van der Waals surface area contributed by atoms with Crippen LogP contribution in [0.25, 0.3) is 0 Å². The molecule has 1 amide bonds. The van der Waals surface area contributed by atoms with Crippen LogP contribution < -0.4 is 11.1 Å². The van der Waals surface area contributed by atoms with Gasteiger partial charge in [-0.3, -0.25) is 4.79 Å². The minimum atomic E-state index is -0.550. The molecule has 2 bridgehead atoms. The van der Waals surface area contributed by atoms with E-state index < -0.39 is 11.7 Å². The second kappa shape index (κ2) is 4.24. The van der Waals surface area contributed by atoms with Crippen molar-refractivity contribution in [3.05, 3.63) is 29.6 Å². The molecule has 2 saturated heterocycles. The van der Waals surface area contributed by atoms with Gasteiger partial charge in [-0.2, -0.15) is 0 Å². The zero-order valence-corrected chi connectivity index (χ0v) is 9.86. The fourth-order valence-electron chi connectivity index (χ4n) is 2.75. The summed E-state index contributed by atoms with van der Waals surface area (Å²) in [6, 6.07) is 4.00. The van der Waals surface area contributed by atoms with E-state index in [1.54, 1.807) is 0 Å². The number of nitrogens with one attached hydrogen (secondary N) is 1. The summed E-state index contributed by atoms with van der Waals surface area (Å²) in [5.74, 6) is -0.966. The van der Waals surface area contributed by atoms with Gasteiger partial charge in [0.25, 0.3) is 5.91 Å². The third-order valence-electron chi connectivity index (χ3n) is 3.66. The molecule has 96 valence electrons. The highest BCUT2D eigenvalue weighted by Crippen LogP contribution is 2.34. The van der Waals surface area contributed by atoms with Crippen molar-refractivity contribution in [3.63, 3.8) is 0 Å². The molecule has 4 nitrogen and oxygen atoms in total. The average molecular weight is 250 g/mol. The van der Waals surface area contributed by atoms with Crippen LogP contribution in [0.3, 0.4) is 0 Å². The Morgan fingerprint density at radius 2 is 2.28 bits per heavy atom. The smallest absolute Gasteiger partial charge is 0.254 e. The number of carbonyl (C=O) groups excluding carboxylic acids is 1. The number of hydrogen-bond donors (Lipinski definition) is 2. The highest BCUT2D eigenvalue weighted by Gasteiger charge is 2.41. The van der Waals surface area contributed by atoms with E-state index in [4.69, 9.17) is 10.5 Å².